The van der Waals surface area contributed by atoms with Crippen LogP contribution < -0.4 is 5.32 Å². The van der Waals surface area contributed by atoms with E-state index < -0.39 is 0 Å². The van der Waals surface area contributed by atoms with Gasteiger partial charge in [0.05, 0.1) is 10.5 Å². The molecule has 0 amide bonds. The van der Waals surface area contributed by atoms with Crippen molar-refractivity contribution in [2.75, 3.05) is 0 Å². The topological polar surface area (TPSA) is 51.0 Å². The van der Waals surface area contributed by atoms with Gasteiger partial charge in [0.2, 0.25) is 5.89 Å². The van der Waals surface area contributed by atoms with Gasteiger partial charge in [0.25, 0.3) is 0 Å². The maximum Gasteiger partial charge on any atom is 0.243 e. The van der Waals surface area contributed by atoms with E-state index in [9.17, 15) is 4.39 Å². The van der Waals surface area contributed by atoms with Gasteiger partial charge in [-0.25, -0.2) is 4.39 Å². The predicted molar refractivity (Wildman–Crippen MR) is 82.4 cm³/mol. The highest BCUT2D eigenvalue weighted by atomic mass is 79.9. The van der Waals surface area contributed by atoms with Gasteiger partial charge in [0.15, 0.2) is 5.82 Å². The van der Waals surface area contributed by atoms with Gasteiger partial charge < -0.3 is 9.84 Å². The number of hydrogen-bond acceptors (Lipinski definition) is 4. The van der Waals surface area contributed by atoms with E-state index in [0.717, 1.165) is 5.56 Å². The molecular formula is C15H19BrFN3O. The van der Waals surface area contributed by atoms with Crippen LogP contribution in [0.2, 0.25) is 0 Å². The fraction of sp³-hybridized carbons (Fsp3) is 0.467. The minimum atomic E-state index is -0.269. The highest BCUT2D eigenvalue weighted by molar-refractivity contribution is 9.10. The first-order valence-corrected chi connectivity index (χ1v) is 7.58. The van der Waals surface area contributed by atoms with E-state index in [-0.39, 0.29) is 17.3 Å². The second kappa shape index (κ2) is 6.23. The number of rotatable bonds is 4. The van der Waals surface area contributed by atoms with Crippen LogP contribution >= 0.6 is 15.9 Å². The molecule has 0 aliphatic carbocycles. The van der Waals surface area contributed by atoms with Gasteiger partial charge in [-0.3, -0.25) is 0 Å². The molecule has 4 nitrogen and oxygen atoms in total. The molecule has 0 saturated heterocycles. The van der Waals surface area contributed by atoms with Crippen LogP contribution in [0.5, 0.6) is 0 Å². The molecule has 1 heterocycles. The molecule has 0 radical (unpaired) electrons. The van der Waals surface area contributed by atoms with Gasteiger partial charge in [-0.1, -0.05) is 32.0 Å². The molecule has 1 atom stereocenters. The maximum atomic E-state index is 13.4. The van der Waals surface area contributed by atoms with Gasteiger partial charge in [-0.05, 0) is 40.5 Å². The van der Waals surface area contributed by atoms with E-state index in [1.54, 1.807) is 6.07 Å². The molecule has 0 spiro atoms. The zero-order chi connectivity index (χ0) is 15.6. The molecule has 21 heavy (non-hydrogen) atoms. The molecule has 0 aliphatic heterocycles. The second-order valence-electron chi connectivity index (χ2n) is 6.06. The first kappa shape index (κ1) is 16.1. The summed E-state index contributed by atoms with van der Waals surface area (Å²) in [6.07, 6.45) is 0. The Balaban J connectivity index is 1.99. The smallest absolute Gasteiger partial charge is 0.243 e. The molecule has 6 heteroatoms. The molecule has 0 bridgehead atoms. The largest absolute Gasteiger partial charge is 0.338 e. The minimum absolute atomic E-state index is 0.0969. The van der Waals surface area contributed by atoms with Crippen molar-refractivity contribution in [3.05, 3.63) is 45.8 Å². The summed E-state index contributed by atoms with van der Waals surface area (Å²) >= 11 is 3.14. The van der Waals surface area contributed by atoms with E-state index in [1.807, 2.05) is 33.8 Å². The fourth-order valence-electron chi connectivity index (χ4n) is 1.72. The number of nitrogens with zero attached hydrogens (tertiary/aromatic N) is 2. The minimum Gasteiger partial charge on any atom is -0.338 e. The standard InChI is InChI=1S/C15H19BrFN3O/c1-9(13-19-14(20-21-13)15(2,3)4)18-8-10-5-6-11(16)12(17)7-10/h5-7,9,18H,8H2,1-4H3. The normalized spacial score (nSPS) is 13.4. The molecule has 1 aromatic carbocycles. The van der Waals surface area contributed by atoms with Crippen molar-refractivity contribution >= 4 is 15.9 Å². The zero-order valence-corrected chi connectivity index (χ0v) is 14.2. The number of aromatic nitrogens is 2. The summed E-state index contributed by atoms with van der Waals surface area (Å²) in [5.74, 6) is 0.952. The molecule has 2 aromatic rings. The maximum absolute atomic E-state index is 13.4. The second-order valence-corrected chi connectivity index (χ2v) is 6.91. The summed E-state index contributed by atoms with van der Waals surface area (Å²) in [7, 11) is 0. The van der Waals surface area contributed by atoms with Crippen molar-refractivity contribution in [2.45, 2.75) is 45.7 Å². The molecule has 1 unspecified atom stereocenters. The quantitative estimate of drug-likeness (QED) is 0.895. The molecule has 2 rings (SSSR count). The highest BCUT2D eigenvalue weighted by Crippen LogP contribution is 2.21. The number of benzene rings is 1. The van der Waals surface area contributed by atoms with Crippen LogP contribution in [0.4, 0.5) is 4.39 Å². The third-order valence-corrected chi connectivity index (χ3v) is 3.72. The molecule has 0 saturated carbocycles. The van der Waals surface area contributed by atoms with E-state index in [1.165, 1.54) is 6.07 Å². The third kappa shape index (κ3) is 4.11. The van der Waals surface area contributed by atoms with Crippen LogP contribution in [-0.4, -0.2) is 10.1 Å². The van der Waals surface area contributed by atoms with E-state index in [2.05, 4.69) is 31.4 Å². The Hall–Kier alpha value is -1.27. The van der Waals surface area contributed by atoms with Crippen LogP contribution in [0.15, 0.2) is 27.2 Å². The molecule has 1 N–H and O–H groups in total. The van der Waals surface area contributed by atoms with Crippen molar-refractivity contribution in [3.8, 4) is 0 Å². The van der Waals surface area contributed by atoms with Crippen molar-refractivity contribution in [3.63, 3.8) is 0 Å². The molecule has 114 valence electrons. The summed E-state index contributed by atoms with van der Waals surface area (Å²) in [5.41, 5.74) is 0.717. The molecule has 0 fully saturated rings. The van der Waals surface area contributed by atoms with Crippen LogP contribution in [0, 0.1) is 5.82 Å². The summed E-state index contributed by atoms with van der Waals surface area (Å²) in [5, 5.41) is 7.25. The zero-order valence-electron chi connectivity index (χ0n) is 12.6. The average molecular weight is 356 g/mol. The Kier molecular flexibility index (Phi) is 4.78. The first-order chi connectivity index (χ1) is 9.77. The molecule has 1 aromatic heterocycles. The first-order valence-electron chi connectivity index (χ1n) is 6.79. The van der Waals surface area contributed by atoms with Crippen molar-refractivity contribution in [1.82, 2.24) is 15.5 Å². The van der Waals surface area contributed by atoms with E-state index in [4.69, 9.17) is 4.52 Å². The lowest BCUT2D eigenvalue weighted by molar-refractivity contribution is 0.330. The number of nitrogens with one attached hydrogen (secondary N) is 1. The van der Waals surface area contributed by atoms with Crippen LogP contribution in [-0.2, 0) is 12.0 Å². The lowest BCUT2D eigenvalue weighted by Gasteiger charge is -2.12. The van der Waals surface area contributed by atoms with Crippen LogP contribution in [0.1, 0.15) is 51.0 Å². The lowest BCUT2D eigenvalue weighted by atomic mass is 9.96. The summed E-state index contributed by atoms with van der Waals surface area (Å²) in [6, 6.07) is 4.96. The van der Waals surface area contributed by atoms with Crippen molar-refractivity contribution < 1.29 is 8.91 Å². The Bertz CT molecular complexity index is 622. The number of hydrogen-bond donors (Lipinski definition) is 1. The summed E-state index contributed by atoms with van der Waals surface area (Å²) in [4.78, 5) is 4.40. The average Bonchev–Trinajstić information content (AvgIpc) is 2.89. The van der Waals surface area contributed by atoms with Gasteiger partial charge >= 0.3 is 0 Å². The van der Waals surface area contributed by atoms with E-state index in [0.29, 0.717) is 22.7 Å². The third-order valence-electron chi connectivity index (χ3n) is 3.08. The van der Waals surface area contributed by atoms with Gasteiger partial charge in [-0.15, -0.1) is 0 Å². The Morgan fingerprint density at radius 2 is 2.10 bits per heavy atom. The Morgan fingerprint density at radius 3 is 2.67 bits per heavy atom. The monoisotopic (exact) mass is 355 g/mol. The summed E-state index contributed by atoms with van der Waals surface area (Å²) in [6.45, 7) is 8.56. The Labute approximate surface area is 132 Å². The highest BCUT2D eigenvalue weighted by Gasteiger charge is 2.22. The van der Waals surface area contributed by atoms with Gasteiger partial charge in [0, 0.05) is 12.0 Å². The number of halogens is 2. The van der Waals surface area contributed by atoms with Crippen molar-refractivity contribution in [2.24, 2.45) is 0 Å². The SMILES string of the molecule is CC(NCc1ccc(Br)c(F)c1)c1nc(C(C)(C)C)no1. The van der Waals surface area contributed by atoms with Crippen LogP contribution in [0.25, 0.3) is 0 Å². The molecular weight excluding hydrogens is 337 g/mol. The van der Waals surface area contributed by atoms with Gasteiger partial charge in [0.1, 0.15) is 5.82 Å². The molecule has 0 aliphatic rings. The summed E-state index contributed by atoms with van der Waals surface area (Å²) < 4.78 is 19.2. The Morgan fingerprint density at radius 1 is 1.38 bits per heavy atom. The van der Waals surface area contributed by atoms with E-state index >= 15 is 0 Å². The lowest BCUT2D eigenvalue weighted by Crippen LogP contribution is -2.19. The van der Waals surface area contributed by atoms with Crippen molar-refractivity contribution in [1.29, 1.82) is 0 Å². The van der Waals surface area contributed by atoms with Crippen LogP contribution in [0.3, 0.4) is 0 Å². The predicted octanol–water partition coefficient (Wildman–Crippen LogP) is 4.12. The van der Waals surface area contributed by atoms with Gasteiger partial charge in [-0.2, -0.15) is 4.98 Å². The fourth-order valence-corrected chi connectivity index (χ4v) is 1.97.